The Bertz CT molecular complexity index is 612. The molecule has 0 aromatic heterocycles. The van der Waals surface area contributed by atoms with Crippen molar-refractivity contribution < 1.29 is 9.53 Å². The second kappa shape index (κ2) is 7.89. The molecule has 0 unspecified atom stereocenters. The summed E-state index contributed by atoms with van der Waals surface area (Å²) in [6.07, 6.45) is 0. The largest absolute Gasteiger partial charge is 0.497 e. The Hall–Kier alpha value is -2.19. The summed E-state index contributed by atoms with van der Waals surface area (Å²) in [7, 11) is 3.61. The number of likely N-dealkylation sites (N-methyl/N-ethyl adjacent to an activating group) is 1. The van der Waals surface area contributed by atoms with Gasteiger partial charge in [-0.3, -0.25) is 10.2 Å². The Morgan fingerprint density at radius 3 is 2.65 bits per heavy atom. The highest BCUT2D eigenvalue weighted by atomic mass is 32.1. The molecule has 0 aliphatic carbocycles. The van der Waals surface area contributed by atoms with Crippen LogP contribution in [0.2, 0.25) is 0 Å². The van der Waals surface area contributed by atoms with Gasteiger partial charge in [0.15, 0.2) is 5.71 Å². The van der Waals surface area contributed by atoms with Gasteiger partial charge in [-0.2, -0.15) is 5.10 Å². The van der Waals surface area contributed by atoms with E-state index < -0.39 is 0 Å². The van der Waals surface area contributed by atoms with E-state index in [-0.39, 0.29) is 16.6 Å². The van der Waals surface area contributed by atoms with Crippen LogP contribution in [0.15, 0.2) is 29.4 Å². The summed E-state index contributed by atoms with van der Waals surface area (Å²) in [6.45, 7) is 2.91. The maximum atomic E-state index is 12.5. The van der Waals surface area contributed by atoms with Gasteiger partial charge < -0.3 is 20.3 Å². The molecule has 0 atom stereocenters. The summed E-state index contributed by atoms with van der Waals surface area (Å²) < 4.78 is 5.14. The molecule has 3 N–H and O–H groups in total. The predicted octanol–water partition coefficient (Wildman–Crippen LogP) is 0.523. The molecule has 1 aliphatic rings. The monoisotopic (exact) mass is 335 g/mol. The fourth-order valence-electron chi connectivity index (χ4n) is 2.18. The Kier molecular flexibility index (Phi) is 5.89. The molecule has 1 amide bonds. The first-order valence-corrected chi connectivity index (χ1v) is 7.67. The molecule has 23 heavy (non-hydrogen) atoms. The summed E-state index contributed by atoms with van der Waals surface area (Å²) in [5.74, 6) is 0.438. The summed E-state index contributed by atoms with van der Waals surface area (Å²) in [6, 6.07) is 7.21. The van der Waals surface area contributed by atoms with E-state index in [1.54, 1.807) is 18.1 Å². The molecule has 1 aliphatic heterocycles. The van der Waals surface area contributed by atoms with E-state index >= 15 is 0 Å². The van der Waals surface area contributed by atoms with Crippen LogP contribution in [0.1, 0.15) is 0 Å². The van der Waals surface area contributed by atoms with Crippen LogP contribution >= 0.6 is 12.2 Å². The average molecular weight is 335 g/mol. The van der Waals surface area contributed by atoms with E-state index in [1.807, 2.05) is 25.2 Å². The van der Waals surface area contributed by atoms with Crippen LogP contribution in [0.5, 0.6) is 5.75 Å². The quantitative estimate of drug-likeness (QED) is 0.464. The Morgan fingerprint density at radius 1 is 1.35 bits per heavy atom. The van der Waals surface area contributed by atoms with Crippen molar-refractivity contribution >= 4 is 34.5 Å². The van der Waals surface area contributed by atoms with Gasteiger partial charge in [0.1, 0.15) is 10.7 Å². The number of methoxy groups -OCH3 is 1. The van der Waals surface area contributed by atoms with Crippen molar-refractivity contribution in [1.29, 1.82) is 0 Å². The maximum absolute atomic E-state index is 12.5. The molecule has 1 aromatic carbocycles. The first kappa shape index (κ1) is 17.2. The van der Waals surface area contributed by atoms with Gasteiger partial charge in [-0.15, -0.1) is 0 Å². The third-order valence-electron chi connectivity index (χ3n) is 3.59. The molecule has 1 aromatic rings. The fraction of sp³-hybridized carbons (Fsp3) is 0.400. The minimum Gasteiger partial charge on any atom is -0.497 e. The number of amides is 1. The molecular weight excluding hydrogens is 314 g/mol. The van der Waals surface area contributed by atoms with Gasteiger partial charge in [0.2, 0.25) is 0 Å². The smallest absolute Gasteiger partial charge is 0.277 e. The molecule has 1 fully saturated rings. The summed E-state index contributed by atoms with van der Waals surface area (Å²) in [5.41, 5.74) is 9.23. The second-order valence-electron chi connectivity index (χ2n) is 5.26. The number of carbonyl (C=O) groups is 1. The third kappa shape index (κ3) is 4.64. The fourth-order valence-corrected chi connectivity index (χ4v) is 2.31. The van der Waals surface area contributed by atoms with Crippen LogP contribution in [-0.4, -0.2) is 66.7 Å². The zero-order valence-corrected chi connectivity index (χ0v) is 14.1. The van der Waals surface area contributed by atoms with Gasteiger partial charge in [0, 0.05) is 32.2 Å². The van der Waals surface area contributed by atoms with Gasteiger partial charge in [0.05, 0.1) is 12.8 Å². The number of benzene rings is 1. The number of carbonyl (C=O) groups excluding carboxylic acids is 1. The number of anilines is 1. The van der Waals surface area contributed by atoms with Crippen molar-refractivity contribution in [2.24, 2.45) is 10.8 Å². The highest BCUT2D eigenvalue weighted by Crippen LogP contribution is 2.16. The van der Waals surface area contributed by atoms with Crippen LogP contribution in [0.3, 0.4) is 0 Å². The number of ether oxygens (including phenoxy) is 1. The van der Waals surface area contributed by atoms with Gasteiger partial charge in [-0.1, -0.05) is 18.3 Å². The van der Waals surface area contributed by atoms with Crippen LogP contribution in [0.25, 0.3) is 0 Å². The number of thiocarbonyl (C=S) groups is 1. The van der Waals surface area contributed by atoms with Crippen molar-refractivity contribution in [3.8, 4) is 5.75 Å². The normalized spacial score (nSPS) is 16.1. The average Bonchev–Trinajstić information content (AvgIpc) is 2.55. The van der Waals surface area contributed by atoms with E-state index in [1.165, 1.54) is 0 Å². The topological polar surface area (TPSA) is 83.2 Å². The number of hydrazone groups is 1. The number of nitrogens with one attached hydrogen (secondary N) is 1. The molecule has 8 heteroatoms. The van der Waals surface area contributed by atoms with Gasteiger partial charge >= 0.3 is 0 Å². The number of nitrogens with two attached hydrogens (primary N) is 1. The number of rotatable bonds is 5. The second-order valence-corrected chi connectivity index (χ2v) is 5.70. The van der Waals surface area contributed by atoms with Crippen LogP contribution in [0, 0.1) is 0 Å². The highest BCUT2D eigenvalue weighted by Gasteiger charge is 2.25. The highest BCUT2D eigenvalue weighted by molar-refractivity contribution is 7.82. The van der Waals surface area contributed by atoms with Gasteiger partial charge in [0.25, 0.3) is 5.91 Å². The van der Waals surface area contributed by atoms with Crippen LogP contribution < -0.4 is 15.9 Å². The number of hydrogen-bond acceptors (Lipinski definition) is 6. The zero-order valence-electron chi connectivity index (χ0n) is 13.3. The van der Waals surface area contributed by atoms with Gasteiger partial charge in [-0.05, 0) is 19.2 Å². The van der Waals surface area contributed by atoms with E-state index in [2.05, 4.69) is 15.4 Å². The lowest BCUT2D eigenvalue weighted by molar-refractivity contribution is -0.125. The van der Waals surface area contributed by atoms with E-state index in [0.717, 1.165) is 13.1 Å². The minimum atomic E-state index is -0.249. The Morgan fingerprint density at radius 2 is 2.04 bits per heavy atom. The van der Waals surface area contributed by atoms with Crippen LogP contribution in [-0.2, 0) is 4.79 Å². The molecule has 0 radical (unpaired) electrons. The number of hydrogen-bond donors (Lipinski definition) is 2. The molecule has 1 heterocycles. The zero-order chi connectivity index (χ0) is 16.8. The molecular formula is C15H21N5O2S. The third-order valence-corrected chi connectivity index (χ3v) is 3.79. The van der Waals surface area contributed by atoms with Crippen LogP contribution in [0.4, 0.5) is 5.69 Å². The molecule has 0 bridgehead atoms. The maximum Gasteiger partial charge on any atom is 0.277 e. The lowest BCUT2D eigenvalue weighted by atomic mass is 10.2. The van der Waals surface area contributed by atoms with E-state index in [4.69, 9.17) is 22.7 Å². The lowest BCUT2D eigenvalue weighted by Gasteiger charge is -2.32. The minimum absolute atomic E-state index is 0.0238. The van der Waals surface area contributed by atoms with Gasteiger partial charge in [-0.25, -0.2) is 0 Å². The molecule has 124 valence electrons. The number of piperazine rings is 1. The Labute approximate surface area is 141 Å². The summed E-state index contributed by atoms with van der Waals surface area (Å²) in [5, 5.41) is 4.10. The van der Waals surface area contributed by atoms with Crippen molar-refractivity contribution in [3.63, 3.8) is 0 Å². The van der Waals surface area contributed by atoms with Crippen molar-refractivity contribution in [2.45, 2.75) is 0 Å². The van der Waals surface area contributed by atoms with Crippen molar-refractivity contribution in [3.05, 3.63) is 24.3 Å². The Balaban J connectivity index is 2.10. The van der Waals surface area contributed by atoms with Crippen molar-refractivity contribution in [1.82, 2.24) is 9.80 Å². The molecule has 2 rings (SSSR count). The lowest BCUT2D eigenvalue weighted by Crippen LogP contribution is -2.51. The number of nitrogens with zero attached hydrogens (tertiary/aromatic N) is 3. The standard InChI is InChI=1S/C15H21N5O2S/c1-19-6-8-20(9-7-19)15(21)13(14(16)23)18-17-11-4-3-5-12(10-11)22-2/h3-5,10,17H,6-9H2,1-2H3,(H2,16,23). The summed E-state index contributed by atoms with van der Waals surface area (Å²) >= 11 is 4.97. The van der Waals surface area contributed by atoms with Crippen molar-refractivity contribution in [2.75, 3.05) is 45.8 Å². The molecule has 0 spiro atoms. The molecule has 7 nitrogen and oxygen atoms in total. The summed E-state index contributed by atoms with van der Waals surface area (Å²) in [4.78, 5) is 16.4. The predicted molar refractivity (Wildman–Crippen MR) is 94.9 cm³/mol. The molecule has 1 saturated heterocycles. The first-order chi connectivity index (χ1) is 11.0. The first-order valence-electron chi connectivity index (χ1n) is 7.26. The molecule has 0 saturated carbocycles. The SMILES string of the molecule is COc1cccc(NN=C(C(=O)N2CCN(C)CC2)C(N)=S)c1. The van der Waals surface area contributed by atoms with E-state index in [0.29, 0.717) is 24.5 Å². The van der Waals surface area contributed by atoms with E-state index in [9.17, 15) is 4.79 Å².